The first-order valence-corrected chi connectivity index (χ1v) is 11.5. The first-order chi connectivity index (χ1) is 15.8. The Kier molecular flexibility index (Phi) is 6.50. The monoisotopic (exact) mass is 474 g/mol. The van der Waals surface area contributed by atoms with Gasteiger partial charge in [0.2, 0.25) is 5.91 Å². The molecule has 1 aromatic rings. The van der Waals surface area contributed by atoms with Gasteiger partial charge in [0, 0.05) is 18.7 Å². The molecular weight excluding hydrogens is 451 g/mol. The van der Waals surface area contributed by atoms with Gasteiger partial charge in [-0.25, -0.2) is 9.18 Å². The number of hydrogen-bond donors (Lipinski definition) is 2. The van der Waals surface area contributed by atoms with E-state index in [1.807, 2.05) is 0 Å². The lowest BCUT2D eigenvalue weighted by Crippen LogP contribution is -2.49. The van der Waals surface area contributed by atoms with Crippen molar-refractivity contribution in [3.8, 4) is 0 Å². The van der Waals surface area contributed by atoms with Gasteiger partial charge in [-0.3, -0.25) is 29.0 Å². The standard InChI is InChI=1S/C22H23FN4O5S/c23-15-7-3-2-6-14(15)12-16-18(29)26(21(32)33-16)11-10-24-17(28)13-27-19(30)22(25-20(27)31)8-4-1-5-9-22/h2-3,6-7,12H,1,4-5,8-11,13H2,(H,24,28)(H,25,31)/b16-12-. The normalized spacial score (nSPS) is 21.3. The third-order valence-electron chi connectivity index (χ3n) is 5.98. The number of benzene rings is 1. The first-order valence-electron chi connectivity index (χ1n) is 10.7. The van der Waals surface area contributed by atoms with Crippen LogP contribution in [0.25, 0.3) is 6.08 Å². The zero-order valence-corrected chi connectivity index (χ0v) is 18.6. The second-order valence-electron chi connectivity index (χ2n) is 8.17. The summed E-state index contributed by atoms with van der Waals surface area (Å²) < 4.78 is 13.8. The van der Waals surface area contributed by atoms with Crippen molar-refractivity contribution >= 4 is 46.8 Å². The minimum Gasteiger partial charge on any atom is -0.353 e. The molecular formula is C22H23FN4O5S. The summed E-state index contributed by atoms with van der Waals surface area (Å²) in [4.78, 5) is 64.0. The van der Waals surface area contributed by atoms with Crippen molar-refractivity contribution in [1.82, 2.24) is 20.4 Å². The number of rotatable bonds is 6. The van der Waals surface area contributed by atoms with Gasteiger partial charge in [-0.1, -0.05) is 37.5 Å². The number of nitrogens with zero attached hydrogens (tertiary/aromatic N) is 2. The number of amides is 6. The molecule has 0 atom stereocenters. The van der Waals surface area contributed by atoms with Gasteiger partial charge in [-0.05, 0) is 36.7 Å². The highest BCUT2D eigenvalue weighted by Crippen LogP contribution is 2.34. The molecule has 2 heterocycles. The van der Waals surface area contributed by atoms with E-state index in [9.17, 15) is 28.4 Å². The number of hydrogen-bond acceptors (Lipinski definition) is 6. The SMILES string of the molecule is O=C(CN1C(=O)NC2(CCCCC2)C1=O)NCCN1C(=O)S/C(=C\c2ccccc2F)C1=O. The van der Waals surface area contributed by atoms with Crippen LogP contribution in [-0.2, 0) is 14.4 Å². The van der Waals surface area contributed by atoms with E-state index in [1.54, 1.807) is 6.07 Å². The Morgan fingerprint density at radius 2 is 1.85 bits per heavy atom. The zero-order valence-electron chi connectivity index (χ0n) is 17.8. The Balaban J connectivity index is 1.29. The number of carbonyl (C=O) groups is 5. The van der Waals surface area contributed by atoms with Crippen LogP contribution in [-0.4, -0.2) is 64.0 Å². The molecule has 0 bridgehead atoms. The molecule has 4 rings (SSSR count). The summed E-state index contributed by atoms with van der Waals surface area (Å²) in [6.45, 7) is -0.560. The topological polar surface area (TPSA) is 116 Å². The fourth-order valence-corrected chi connectivity index (χ4v) is 5.10. The summed E-state index contributed by atoms with van der Waals surface area (Å²) >= 11 is 0.697. The van der Waals surface area contributed by atoms with Crippen molar-refractivity contribution in [3.05, 3.63) is 40.6 Å². The van der Waals surface area contributed by atoms with Crippen molar-refractivity contribution in [2.45, 2.75) is 37.6 Å². The smallest absolute Gasteiger partial charge is 0.325 e. The van der Waals surface area contributed by atoms with Gasteiger partial charge < -0.3 is 10.6 Å². The van der Waals surface area contributed by atoms with Crippen LogP contribution in [0, 0.1) is 5.82 Å². The van der Waals surface area contributed by atoms with E-state index in [-0.39, 0.29) is 29.5 Å². The molecule has 2 aliphatic heterocycles. The third kappa shape index (κ3) is 4.63. The Bertz CT molecular complexity index is 1050. The van der Waals surface area contributed by atoms with Gasteiger partial charge in [-0.15, -0.1) is 0 Å². The molecule has 11 heteroatoms. The quantitative estimate of drug-likeness (QED) is 0.483. The van der Waals surface area contributed by atoms with E-state index in [1.165, 1.54) is 24.3 Å². The van der Waals surface area contributed by atoms with Crippen LogP contribution in [0.15, 0.2) is 29.2 Å². The summed E-state index contributed by atoms with van der Waals surface area (Å²) in [6.07, 6.45) is 5.14. The average Bonchev–Trinajstić information content (AvgIpc) is 3.18. The first kappa shape index (κ1) is 23.0. The number of urea groups is 1. The highest BCUT2D eigenvalue weighted by Gasteiger charge is 2.51. The average molecular weight is 475 g/mol. The molecule has 2 saturated heterocycles. The van der Waals surface area contributed by atoms with E-state index in [4.69, 9.17) is 0 Å². The predicted octanol–water partition coefficient (Wildman–Crippen LogP) is 2.23. The summed E-state index contributed by atoms with van der Waals surface area (Å²) in [7, 11) is 0. The van der Waals surface area contributed by atoms with Crippen molar-refractivity contribution in [2.75, 3.05) is 19.6 Å². The maximum Gasteiger partial charge on any atom is 0.325 e. The highest BCUT2D eigenvalue weighted by atomic mass is 32.2. The van der Waals surface area contributed by atoms with Gasteiger partial charge in [0.05, 0.1) is 4.91 Å². The Labute approximate surface area is 193 Å². The lowest BCUT2D eigenvalue weighted by Gasteiger charge is -2.30. The number of carbonyl (C=O) groups excluding carboxylic acids is 5. The van der Waals surface area contributed by atoms with E-state index in [0.29, 0.717) is 24.6 Å². The zero-order chi connectivity index (χ0) is 23.6. The molecule has 1 saturated carbocycles. The predicted molar refractivity (Wildman–Crippen MR) is 118 cm³/mol. The Morgan fingerprint density at radius 1 is 1.12 bits per heavy atom. The van der Waals surface area contributed by atoms with Gasteiger partial charge >= 0.3 is 6.03 Å². The fourth-order valence-electron chi connectivity index (χ4n) is 4.25. The molecule has 2 N–H and O–H groups in total. The van der Waals surface area contributed by atoms with Crippen LogP contribution in [0.1, 0.15) is 37.7 Å². The summed E-state index contributed by atoms with van der Waals surface area (Å²) in [5, 5.41) is 4.75. The highest BCUT2D eigenvalue weighted by molar-refractivity contribution is 8.18. The minimum atomic E-state index is -0.901. The molecule has 6 amide bonds. The Hall–Kier alpha value is -3.21. The second kappa shape index (κ2) is 9.34. The van der Waals surface area contributed by atoms with Crippen molar-refractivity contribution in [3.63, 3.8) is 0 Å². The number of thioether (sulfide) groups is 1. The van der Waals surface area contributed by atoms with E-state index < -0.39 is 41.0 Å². The third-order valence-corrected chi connectivity index (χ3v) is 6.89. The van der Waals surface area contributed by atoms with Gasteiger partial charge in [0.1, 0.15) is 17.9 Å². The lowest BCUT2D eigenvalue weighted by atomic mass is 9.82. The molecule has 9 nitrogen and oxygen atoms in total. The summed E-state index contributed by atoms with van der Waals surface area (Å²) in [5.41, 5.74) is -0.706. The maximum atomic E-state index is 13.8. The van der Waals surface area contributed by atoms with Crippen molar-refractivity contribution in [2.24, 2.45) is 0 Å². The molecule has 1 aromatic carbocycles. The largest absolute Gasteiger partial charge is 0.353 e. The fraction of sp³-hybridized carbons (Fsp3) is 0.409. The minimum absolute atomic E-state index is 0.0430. The van der Waals surface area contributed by atoms with Gasteiger partial charge in [-0.2, -0.15) is 0 Å². The van der Waals surface area contributed by atoms with Crippen LogP contribution in [0.5, 0.6) is 0 Å². The van der Waals surface area contributed by atoms with Crippen LogP contribution in [0.2, 0.25) is 0 Å². The molecule has 1 aliphatic carbocycles. The molecule has 0 aromatic heterocycles. The Morgan fingerprint density at radius 3 is 2.58 bits per heavy atom. The van der Waals surface area contributed by atoms with E-state index >= 15 is 0 Å². The van der Waals surface area contributed by atoms with Gasteiger partial charge in [0.25, 0.3) is 17.1 Å². The van der Waals surface area contributed by atoms with Crippen molar-refractivity contribution in [1.29, 1.82) is 0 Å². The molecule has 1 spiro atoms. The second-order valence-corrected chi connectivity index (χ2v) is 9.16. The number of nitrogens with one attached hydrogen (secondary N) is 2. The molecule has 174 valence electrons. The van der Waals surface area contributed by atoms with Crippen LogP contribution in [0.4, 0.5) is 14.0 Å². The molecule has 0 unspecified atom stereocenters. The van der Waals surface area contributed by atoms with E-state index in [0.717, 1.165) is 29.1 Å². The van der Waals surface area contributed by atoms with Crippen LogP contribution >= 0.6 is 11.8 Å². The molecule has 3 fully saturated rings. The van der Waals surface area contributed by atoms with E-state index in [2.05, 4.69) is 10.6 Å². The summed E-state index contributed by atoms with van der Waals surface area (Å²) in [6, 6.07) is 5.32. The molecule has 33 heavy (non-hydrogen) atoms. The number of imide groups is 2. The van der Waals surface area contributed by atoms with Crippen molar-refractivity contribution < 1.29 is 28.4 Å². The molecule has 3 aliphatic rings. The molecule has 0 radical (unpaired) electrons. The van der Waals surface area contributed by atoms with Crippen LogP contribution < -0.4 is 10.6 Å². The lowest BCUT2D eigenvalue weighted by molar-refractivity contribution is -0.135. The van der Waals surface area contributed by atoms with Crippen LogP contribution in [0.3, 0.4) is 0 Å². The van der Waals surface area contributed by atoms with Gasteiger partial charge in [0.15, 0.2) is 0 Å². The summed E-state index contributed by atoms with van der Waals surface area (Å²) in [5.74, 6) is -2.03. The number of halogens is 1. The maximum absolute atomic E-state index is 13.8.